The summed E-state index contributed by atoms with van der Waals surface area (Å²) in [4.78, 5) is 0. The van der Waals surface area contributed by atoms with Crippen LogP contribution in [0, 0.1) is 0 Å². The number of benzene rings is 2. The van der Waals surface area contributed by atoms with E-state index in [9.17, 15) is 8.42 Å². The van der Waals surface area contributed by atoms with Crippen molar-refractivity contribution in [2.24, 2.45) is 0 Å². The third kappa shape index (κ3) is 4.69. The van der Waals surface area contributed by atoms with Gasteiger partial charge < -0.3 is 14.2 Å². The molecule has 9 heteroatoms. The molecule has 3 rings (SSSR count). The van der Waals surface area contributed by atoms with Gasteiger partial charge in [-0.05, 0) is 35.4 Å². The predicted molar refractivity (Wildman–Crippen MR) is 108 cm³/mol. The zero-order chi connectivity index (χ0) is 20.9. The van der Waals surface area contributed by atoms with E-state index < -0.39 is 10.0 Å². The van der Waals surface area contributed by atoms with Crippen molar-refractivity contribution < 1.29 is 22.6 Å². The van der Waals surface area contributed by atoms with Crippen LogP contribution in [0.25, 0.3) is 0 Å². The van der Waals surface area contributed by atoms with Crippen LogP contribution in [0.4, 0.5) is 0 Å². The minimum atomic E-state index is -3.90. The van der Waals surface area contributed by atoms with Gasteiger partial charge in [0.2, 0.25) is 5.03 Å². The lowest BCUT2D eigenvalue weighted by molar-refractivity contribution is 0.380. The molecule has 0 aliphatic heterocycles. The molecule has 0 aliphatic carbocycles. The molecule has 2 aromatic carbocycles. The molecular formula is C20H23N3O5S. The van der Waals surface area contributed by atoms with Gasteiger partial charge in [0.1, 0.15) is 11.5 Å². The molecule has 154 valence electrons. The molecule has 0 fully saturated rings. The van der Waals surface area contributed by atoms with Gasteiger partial charge in [0.15, 0.2) is 5.75 Å². The summed E-state index contributed by atoms with van der Waals surface area (Å²) in [5, 5.41) is 6.27. The fourth-order valence-corrected chi connectivity index (χ4v) is 4.27. The Kier molecular flexibility index (Phi) is 6.40. The molecule has 0 saturated carbocycles. The first-order valence-corrected chi connectivity index (χ1v) is 10.2. The smallest absolute Gasteiger partial charge is 0.264 e. The molecule has 8 nitrogen and oxygen atoms in total. The summed E-state index contributed by atoms with van der Waals surface area (Å²) in [6.07, 6.45) is 1.34. The minimum absolute atomic E-state index is 0.0815. The molecule has 3 aromatic rings. The van der Waals surface area contributed by atoms with E-state index in [1.165, 1.54) is 17.6 Å². The summed E-state index contributed by atoms with van der Waals surface area (Å²) in [6.45, 7) is 0.334. The zero-order valence-corrected chi connectivity index (χ0v) is 17.3. The fourth-order valence-electron chi connectivity index (χ4n) is 2.82. The van der Waals surface area contributed by atoms with E-state index in [-0.39, 0.29) is 23.9 Å². The number of sulfonamides is 1. The molecule has 0 atom stereocenters. The van der Waals surface area contributed by atoms with Crippen molar-refractivity contribution in [2.75, 3.05) is 21.3 Å². The highest BCUT2D eigenvalue weighted by atomic mass is 32.2. The van der Waals surface area contributed by atoms with Crippen LogP contribution in [-0.2, 0) is 23.1 Å². The number of aromatic nitrogens is 2. The molecule has 0 spiro atoms. The second-order valence-electron chi connectivity index (χ2n) is 6.24. The predicted octanol–water partition coefficient (Wildman–Crippen LogP) is 2.83. The van der Waals surface area contributed by atoms with Gasteiger partial charge in [0.05, 0.1) is 27.5 Å². The second-order valence-corrected chi connectivity index (χ2v) is 8.11. The molecular weight excluding hydrogens is 394 g/mol. The van der Waals surface area contributed by atoms with E-state index in [0.29, 0.717) is 11.5 Å². The third-order valence-corrected chi connectivity index (χ3v) is 6.17. The number of ether oxygens (including phenoxy) is 3. The molecule has 0 saturated heterocycles. The molecule has 0 aliphatic rings. The lowest BCUT2D eigenvalue weighted by Gasteiger charge is -2.22. The maximum Gasteiger partial charge on any atom is 0.264 e. The first kappa shape index (κ1) is 20.7. The van der Waals surface area contributed by atoms with Gasteiger partial charge in [-0.2, -0.15) is 9.40 Å². The van der Waals surface area contributed by atoms with Gasteiger partial charge >= 0.3 is 0 Å². The molecule has 0 amide bonds. The zero-order valence-electron chi connectivity index (χ0n) is 16.5. The van der Waals surface area contributed by atoms with Crippen molar-refractivity contribution in [2.45, 2.75) is 18.1 Å². The topological polar surface area (TPSA) is 93.8 Å². The number of hydrogen-bond acceptors (Lipinski definition) is 6. The Balaban J connectivity index is 1.95. The van der Waals surface area contributed by atoms with Crippen LogP contribution in [0.5, 0.6) is 17.2 Å². The molecule has 0 unspecified atom stereocenters. The average Bonchev–Trinajstić information content (AvgIpc) is 3.24. The van der Waals surface area contributed by atoms with Crippen molar-refractivity contribution in [1.29, 1.82) is 0 Å². The van der Waals surface area contributed by atoms with E-state index in [1.54, 1.807) is 38.5 Å². The Bertz CT molecular complexity index is 981. The Morgan fingerprint density at radius 1 is 0.828 bits per heavy atom. The summed E-state index contributed by atoms with van der Waals surface area (Å²) < 4.78 is 43.6. The largest absolute Gasteiger partial charge is 0.497 e. The first-order valence-electron chi connectivity index (χ1n) is 8.81. The molecule has 0 radical (unpaired) electrons. The fraction of sp³-hybridized carbons (Fsp3) is 0.250. The lowest BCUT2D eigenvalue weighted by atomic mass is 10.2. The van der Waals surface area contributed by atoms with Gasteiger partial charge in [-0.3, -0.25) is 5.10 Å². The Morgan fingerprint density at radius 2 is 1.31 bits per heavy atom. The standard InChI is InChI=1S/C20H23N3O5S/c1-26-17-8-4-15(5-9-17)13-23(14-16-6-10-18(27-2)11-7-16)29(24,25)20-19(28-3)12-21-22-20/h4-12H,13-14H2,1-3H3,(H,21,22). The van der Waals surface area contributed by atoms with E-state index in [0.717, 1.165) is 11.1 Å². The van der Waals surface area contributed by atoms with Gasteiger partial charge in [-0.15, -0.1) is 0 Å². The Hall–Kier alpha value is -3.04. The van der Waals surface area contributed by atoms with Crippen LogP contribution in [0.1, 0.15) is 11.1 Å². The summed E-state index contributed by atoms with van der Waals surface area (Å²) in [6, 6.07) is 14.5. The molecule has 0 bridgehead atoms. The Morgan fingerprint density at radius 3 is 1.72 bits per heavy atom. The second kappa shape index (κ2) is 8.97. The highest BCUT2D eigenvalue weighted by molar-refractivity contribution is 7.89. The number of rotatable bonds is 9. The maximum absolute atomic E-state index is 13.4. The van der Waals surface area contributed by atoms with Gasteiger partial charge in [-0.1, -0.05) is 24.3 Å². The summed E-state index contributed by atoms with van der Waals surface area (Å²) >= 11 is 0. The summed E-state index contributed by atoms with van der Waals surface area (Å²) in [5.74, 6) is 1.57. The number of nitrogens with zero attached hydrogens (tertiary/aromatic N) is 2. The number of hydrogen-bond donors (Lipinski definition) is 1. The Labute approximate surface area is 170 Å². The van der Waals surface area contributed by atoms with E-state index in [2.05, 4.69) is 10.2 Å². The highest BCUT2D eigenvalue weighted by Gasteiger charge is 2.30. The van der Waals surface area contributed by atoms with Crippen molar-refractivity contribution in [3.8, 4) is 17.2 Å². The van der Waals surface area contributed by atoms with Crippen molar-refractivity contribution in [3.05, 3.63) is 65.9 Å². The van der Waals surface area contributed by atoms with Crippen LogP contribution < -0.4 is 14.2 Å². The van der Waals surface area contributed by atoms with Crippen molar-refractivity contribution >= 4 is 10.0 Å². The molecule has 1 heterocycles. The van der Waals surface area contributed by atoms with E-state index >= 15 is 0 Å². The number of aromatic amines is 1. The number of H-pyrrole nitrogens is 1. The van der Waals surface area contributed by atoms with Gasteiger partial charge in [0.25, 0.3) is 10.0 Å². The van der Waals surface area contributed by atoms with E-state index in [1.807, 2.05) is 24.3 Å². The van der Waals surface area contributed by atoms with Gasteiger partial charge in [-0.25, -0.2) is 8.42 Å². The first-order chi connectivity index (χ1) is 14.0. The van der Waals surface area contributed by atoms with Crippen LogP contribution in [0.15, 0.2) is 59.8 Å². The number of methoxy groups -OCH3 is 3. The minimum Gasteiger partial charge on any atom is -0.497 e. The molecule has 1 aromatic heterocycles. The molecule has 29 heavy (non-hydrogen) atoms. The van der Waals surface area contributed by atoms with Crippen molar-refractivity contribution in [1.82, 2.24) is 14.5 Å². The number of nitrogens with one attached hydrogen (secondary N) is 1. The van der Waals surface area contributed by atoms with Crippen LogP contribution in [-0.4, -0.2) is 44.2 Å². The van der Waals surface area contributed by atoms with Crippen LogP contribution >= 0.6 is 0 Å². The quantitative estimate of drug-likeness (QED) is 0.575. The SMILES string of the molecule is COc1ccc(CN(Cc2ccc(OC)cc2)S(=O)(=O)c2[nH]ncc2OC)cc1. The molecule has 1 N–H and O–H groups in total. The summed E-state index contributed by atoms with van der Waals surface area (Å²) in [7, 11) is 0.670. The normalized spacial score (nSPS) is 11.4. The monoisotopic (exact) mass is 417 g/mol. The van der Waals surface area contributed by atoms with E-state index in [4.69, 9.17) is 14.2 Å². The highest BCUT2D eigenvalue weighted by Crippen LogP contribution is 2.27. The maximum atomic E-state index is 13.4. The average molecular weight is 417 g/mol. The summed E-state index contributed by atoms with van der Waals surface area (Å²) in [5.41, 5.74) is 1.64. The van der Waals surface area contributed by atoms with Crippen molar-refractivity contribution in [3.63, 3.8) is 0 Å². The van der Waals surface area contributed by atoms with Crippen LogP contribution in [0.3, 0.4) is 0 Å². The van der Waals surface area contributed by atoms with Gasteiger partial charge in [0, 0.05) is 13.1 Å². The third-order valence-electron chi connectivity index (χ3n) is 4.43. The van der Waals surface area contributed by atoms with Crippen LogP contribution in [0.2, 0.25) is 0 Å². The lowest BCUT2D eigenvalue weighted by Crippen LogP contribution is -2.30.